The first-order chi connectivity index (χ1) is 8.76. The summed E-state index contributed by atoms with van der Waals surface area (Å²) < 4.78 is 0. The third-order valence-electron chi connectivity index (χ3n) is 3.74. The zero-order chi connectivity index (χ0) is 13.6. The molecule has 1 fully saturated rings. The van der Waals surface area contributed by atoms with Crippen LogP contribution in [-0.2, 0) is 0 Å². The maximum atomic E-state index is 6.47. The predicted molar refractivity (Wildman–Crippen MR) is 84.6 cm³/mol. The van der Waals surface area contributed by atoms with Gasteiger partial charge in [0.05, 0.1) is 0 Å². The molecule has 0 amide bonds. The number of halogens is 1. The van der Waals surface area contributed by atoms with E-state index in [1.54, 1.807) is 0 Å². The normalized spacial score (nSPS) is 18.0. The zero-order valence-corrected chi connectivity index (χ0v) is 13.6. The van der Waals surface area contributed by atoms with Gasteiger partial charge in [0.25, 0.3) is 0 Å². The van der Waals surface area contributed by atoms with E-state index in [2.05, 4.69) is 12.2 Å². The molecular formula is C16H34ClN. The van der Waals surface area contributed by atoms with Gasteiger partial charge in [-0.1, -0.05) is 58.3 Å². The fourth-order valence-corrected chi connectivity index (χ4v) is 3.08. The van der Waals surface area contributed by atoms with Crippen LogP contribution in [-0.4, -0.2) is 19.5 Å². The second-order valence-corrected chi connectivity index (χ2v) is 6.18. The van der Waals surface area contributed by atoms with E-state index in [4.69, 9.17) is 11.6 Å². The highest BCUT2D eigenvalue weighted by atomic mass is 35.5. The third-order valence-corrected chi connectivity index (χ3v) is 4.32. The lowest BCUT2D eigenvalue weighted by Gasteiger charge is -2.26. The van der Waals surface area contributed by atoms with Crippen molar-refractivity contribution in [3.8, 4) is 0 Å². The van der Waals surface area contributed by atoms with Gasteiger partial charge in [-0.15, -0.1) is 11.6 Å². The van der Waals surface area contributed by atoms with E-state index >= 15 is 0 Å². The maximum absolute atomic E-state index is 6.47. The Labute approximate surface area is 120 Å². The Hall–Kier alpha value is 0.250. The molecule has 1 rings (SSSR count). The van der Waals surface area contributed by atoms with Crippen molar-refractivity contribution in [2.75, 3.05) is 14.1 Å². The van der Waals surface area contributed by atoms with E-state index in [0.29, 0.717) is 5.38 Å². The van der Waals surface area contributed by atoms with Crippen molar-refractivity contribution in [1.82, 2.24) is 5.32 Å². The highest BCUT2D eigenvalue weighted by molar-refractivity contribution is 6.20. The van der Waals surface area contributed by atoms with Gasteiger partial charge in [-0.25, -0.2) is 0 Å². The third kappa shape index (κ3) is 10.2. The van der Waals surface area contributed by atoms with Crippen LogP contribution in [0.25, 0.3) is 0 Å². The first kappa shape index (κ1) is 18.2. The van der Waals surface area contributed by atoms with Gasteiger partial charge in [-0.2, -0.15) is 0 Å². The smallest absolute Gasteiger partial charge is 0.0364 e. The van der Waals surface area contributed by atoms with Gasteiger partial charge >= 0.3 is 0 Å². The molecule has 1 aliphatic carbocycles. The Morgan fingerprint density at radius 1 is 1.00 bits per heavy atom. The monoisotopic (exact) mass is 275 g/mol. The molecule has 0 aromatic heterocycles. The van der Waals surface area contributed by atoms with Gasteiger partial charge in [-0.3, -0.25) is 0 Å². The number of nitrogens with one attached hydrogen (secondary N) is 1. The Morgan fingerprint density at radius 2 is 1.56 bits per heavy atom. The van der Waals surface area contributed by atoms with E-state index in [0.717, 1.165) is 5.92 Å². The lowest BCUT2D eigenvalue weighted by atomic mass is 9.85. The molecule has 1 N–H and O–H groups in total. The van der Waals surface area contributed by atoms with E-state index in [1.807, 2.05) is 14.1 Å². The Morgan fingerprint density at radius 3 is 2.11 bits per heavy atom. The van der Waals surface area contributed by atoms with Crippen LogP contribution in [0.5, 0.6) is 0 Å². The number of rotatable bonds is 7. The molecule has 1 saturated carbocycles. The second-order valence-electron chi connectivity index (χ2n) is 5.62. The van der Waals surface area contributed by atoms with Crippen LogP contribution in [0.1, 0.15) is 77.6 Å². The van der Waals surface area contributed by atoms with Gasteiger partial charge in [0.2, 0.25) is 0 Å². The molecule has 1 atom stereocenters. The summed E-state index contributed by atoms with van der Waals surface area (Å²) in [7, 11) is 3.75. The molecule has 0 bridgehead atoms. The summed E-state index contributed by atoms with van der Waals surface area (Å²) in [5.41, 5.74) is 0. The van der Waals surface area contributed by atoms with Crippen molar-refractivity contribution >= 4 is 11.6 Å². The van der Waals surface area contributed by atoms with Crippen molar-refractivity contribution < 1.29 is 0 Å². The minimum absolute atomic E-state index is 0.479. The minimum Gasteiger partial charge on any atom is -0.323 e. The summed E-state index contributed by atoms with van der Waals surface area (Å²) in [6.07, 6.45) is 15.2. The molecule has 0 aliphatic heterocycles. The second kappa shape index (κ2) is 13.7. The van der Waals surface area contributed by atoms with Gasteiger partial charge in [-0.05, 0) is 39.3 Å². The molecule has 0 aromatic carbocycles. The SMILES string of the molecule is CCCCCCCC(Cl)C1CCCCC1.CNC. The highest BCUT2D eigenvalue weighted by Crippen LogP contribution is 2.31. The molecule has 1 unspecified atom stereocenters. The molecule has 2 heteroatoms. The molecular weight excluding hydrogens is 242 g/mol. The van der Waals surface area contributed by atoms with Crippen LogP contribution in [0.3, 0.4) is 0 Å². The van der Waals surface area contributed by atoms with Crippen LogP contribution >= 0.6 is 11.6 Å². The molecule has 1 aliphatic rings. The van der Waals surface area contributed by atoms with E-state index < -0.39 is 0 Å². The lowest BCUT2D eigenvalue weighted by Crippen LogP contribution is -2.17. The number of alkyl halides is 1. The summed E-state index contributed by atoms with van der Waals surface area (Å²) in [5, 5.41) is 3.23. The average Bonchev–Trinajstić information content (AvgIpc) is 2.40. The largest absolute Gasteiger partial charge is 0.323 e. The van der Waals surface area contributed by atoms with Gasteiger partial charge in [0, 0.05) is 5.38 Å². The fourth-order valence-electron chi connectivity index (χ4n) is 2.67. The number of hydrogen-bond donors (Lipinski definition) is 1. The van der Waals surface area contributed by atoms with Gasteiger partial charge in [0.1, 0.15) is 0 Å². The first-order valence-electron chi connectivity index (χ1n) is 7.98. The van der Waals surface area contributed by atoms with Crippen LogP contribution < -0.4 is 5.32 Å². The molecule has 18 heavy (non-hydrogen) atoms. The quantitative estimate of drug-likeness (QED) is 0.486. The molecule has 0 heterocycles. The Balaban J connectivity index is 0.000000873. The van der Waals surface area contributed by atoms with Gasteiger partial charge in [0.15, 0.2) is 0 Å². The standard InChI is InChI=1S/C14H27Cl.C2H7N/c1-2-3-4-5-9-12-14(15)13-10-7-6-8-11-13;1-3-2/h13-14H,2-12H2,1H3;3H,1-2H3. The number of unbranched alkanes of at least 4 members (excludes halogenated alkanes) is 4. The maximum Gasteiger partial charge on any atom is 0.0364 e. The lowest BCUT2D eigenvalue weighted by molar-refractivity contribution is 0.333. The van der Waals surface area contributed by atoms with Crippen molar-refractivity contribution in [2.45, 2.75) is 82.9 Å². The summed E-state index contributed by atoms with van der Waals surface area (Å²) in [6, 6.07) is 0. The molecule has 0 spiro atoms. The van der Waals surface area contributed by atoms with Gasteiger partial charge < -0.3 is 5.32 Å². The molecule has 110 valence electrons. The summed E-state index contributed by atoms with van der Waals surface area (Å²) in [5.74, 6) is 0.839. The van der Waals surface area contributed by atoms with Crippen LogP contribution in [0.4, 0.5) is 0 Å². The van der Waals surface area contributed by atoms with Crippen LogP contribution in [0, 0.1) is 5.92 Å². The van der Waals surface area contributed by atoms with Crippen LogP contribution in [0.2, 0.25) is 0 Å². The summed E-state index contributed by atoms with van der Waals surface area (Å²) >= 11 is 6.47. The van der Waals surface area contributed by atoms with E-state index in [9.17, 15) is 0 Å². The van der Waals surface area contributed by atoms with Crippen LogP contribution in [0.15, 0.2) is 0 Å². The fraction of sp³-hybridized carbons (Fsp3) is 1.00. The van der Waals surface area contributed by atoms with Crippen molar-refractivity contribution in [3.63, 3.8) is 0 Å². The molecule has 0 aromatic rings. The van der Waals surface area contributed by atoms with E-state index in [1.165, 1.54) is 70.6 Å². The highest BCUT2D eigenvalue weighted by Gasteiger charge is 2.20. The summed E-state index contributed by atoms with van der Waals surface area (Å²) in [4.78, 5) is 0. The predicted octanol–water partition coefficient (Wildman–Crippen LogP) is 5.37. The minimum atomic E-state index is 0.479. The average molecular weight is 276 g/mol. The first-order valence-corrected chi connectivity index (χ1v) is 8.42. The molecule has 0 radical (unpaired) electrons. The Bertz CT molecular complexity index is 155. The van der Waals surface area contributed by atoms with Crippen molar-refractivity contribution in [3.05, 3.63) is 0 Å². The van der Waals surface area contributed by atoms with Crippen molar-refractivity contribution in [1.29, 1.82) is 0 Å². The topological polar surface area (TPSA) is 12.0 Å². The Kier molecular flexibility index (Phi) is 13.9. The molecule has 1 nitrogen and oxygen atoms in total. The molecule has 0 saturated heterocycles. The summed E-state index contributed by atoms with van der Waals surface area (Å²) in [6.45, 7) is 2.27. The van der Waals surface area contributed by atoms with E-state index in [-0.39, 0.29) is 0 Å². The van der Waals surface area contributed by atoms with Crippen molar-refractivity contribution in [2.24, 2.45) is 5.92 Å². The zero-order valence-electron chi connectivity index (χ0n) is 12.8. The number of hydrogen-bond acceptors (Lipinski definition) is 1.